The summed E-state index contributed by atoms with van der Waals surface area (Å²) in [6.45, 7) is 12.8. The Morgan fingerprint density at radius 3 is 2.08 bits per heavy atom. The first-order valence-electron chi connectivity index (χ1n) is 5.04. The molecule has 1 fully saturated rings. The molecule has 1 heterocycles. The Kier molecular flexibility index (Phi) is 4.80. The van der Waals surface area contributed by atoms with Crippen LogP contribution >= 0.6 is 0 Å². The number of likely N-dealkylation sites (tertiary alicyclic amines) is 1. The zero-order valence-electron chi connectivity index (χ0n) is 9.22. The number of nitrogens with two attached hydrogens (primary N) is 1. The largest absolute Gasteiger partial charge is 0.324 e. The minimum Gasteiger partial charge on any atom is -0.324 e. The van der Waals surface area contributed by atoms with Gasteiger partial charge in [0.2, 0.25) is 0 Å². The van der Waals surface area contributed by atoms with Gasteiger partial charge in [-0.1, -0.05) is 13.8 Å². The van der Waals surface area contributed by atoms with Crippen LogP contribution in [-0.2, 0) is 0 Å². The summed E-state index contributed by atoms with van der Waals surface area (Å²) >= 11 is 0. The van der Waals surface area contributed by atoms with Gasteiger partial charge < -0.3 is 5.73 Å². The molecule has 1 rings (SSSR count). The maximum atomic E-state index is 5.96. The van der Waals surface area contributed by atoms with E-state index in [9.17, 15) is 0 Å². The molecular formula is C10H26N2. The summed E-state index contributed by atoms with van der Waals surface area (Å²) < 4.78 is 0. The summed E-state index contributed by atoms with van der Waals surface area (Å²) in [5, 5.41) is 0. The molecule has 0 aliphatic carbocycles. The summed E-state index contributed by atoms with van der Waals surface area (Å²) in [6.07, 6.45) is 1.14. The van der Waals surface area contributed by atoms with Gasteiger partial charge in [0.05, 0.1) is 0 Å². The fourth-order valence-corrected chi connectivity index (χ4v) is 1.46. The molecule has 0 amide bonds. The van der Waals surface area contributed by atoms with Crippen molar-refractivity contribution in [2.75, 3.05) is 13.1 Å². The lowest BCUT2D eigenvalue weighted by molar-refractivity contribution is 0.260. The maximum Gasteiger partial charge on any atom is 0.0267 e. The standard InChI is InChI=1S/C8H18N2.C2H6.H2/c1-7(2)10-5-4-8(3,9)6-10;1-2;/h7H,4-6,9H2,1-3H3;1-2H3;1H. The highest BCUT2D eigenvalue weighted by Crippen LogP contribution is 2.19. The van der Waals surface area contributed by atoms with Crippen LogP contribution in [0.3, 0.4) is 0 Å². The highest BCUT2D eigenvalue weighted by molar-refractivity contribution is 4.91. The van der Waals surface area contributed by atoms with Gasteiger partial charge in [0.25, 0.3) is 0 Å². The molecule has 12 heavy (non-hydrogen) atoms. The van der Waals surface area contributed by atoms with E-state index in [1.807, 2.05) is 13.8 Å². The lowest BCUT2D eigenvalue weighted by atomic mass is 10.0. The van der Waals surface area contributed by atoms with Crippen LogP contribution < -0.4 is 5.73 Å². The minimum absolute atomic E-state index is 0. The Bertz CT molecular complexity index is 124. The van der Waals surface area contributed by atoms with Crippen LogP contribution in [0, 0.1) is 0 Å². The van der Waals surface area contributed by atoms with Crippen LogP contribution in [0.15, 0.2) is 0 Å². The quantitative estimate of drug-likeness (QED) is 0.659. The van der Waals surface area contributed by atoms with Gasteiger partial charge in [-0.2, -0.15) is 0 Å². The summed E-state index contributed by atoms with van der Waals surface area (Å²) in [7, 11) is 0. The van der Waals surface area contributed by atoms with Crippen LogP contribution in [0.2, 0.25) is 0 Å². The molecule has 2 nitrogen and oxygen atoms in total. The van der Waals surface area contributed by atoms with Gasteiger partial charge >= 0.3 is 0 Å². The molecule has 1 saturated heterocycles. The Morgan fingerprint density at radius 2 is 1.92 bits per heavy atom. The molecule has 0 bridgehead atoms. The van der Waals surface area contributed by atoms with E-state index in [2.05, 4.69) is 25.7 Å². The Morgan fingerprint density at radius 1 is 1.42 bits per heavy atom. The normalized spacial score (nSPS) is 30.2. The van der Waals surface area contributed by atoms with Gasteiger partial charge in [0.1, 0.15) is 0 Å². The van der Waals surface area contributed by atoms with Crippen molar-refractivity contribution in [2.24, 2.45) is 5.73 Å². The summed E-state index contributed by atoms with van der Waals surface area (Å²) in [6, 6.07) is 0.658. The van der Waals surface area contributed by atoms with Crippen molar-refractivity contribution in [3.05, 3.63) is 0 Å². The fourth-order valence-electron chi connectivity index (χ4n) is 1.46. The van der Waals surface area contributed by atoms with Crippen molar-refractivity contribution in [1.82, 2.24) is 4.90 Å². The van der Waals surface area contributed by atoms with Crippen molar-refractivity contribution < 1.29 is 1.43 Å². The van der Waals surface area contributed by atoms with Gasteiger partial charge in [-0.25, -0.2) is 0 Å². The third-order valence-corrected chi connectivity index (χ3v) is 2.26. The summed E-state index contributed by atoms with van der Waals surface area (Å²) in [5.41, 5.74) is 6.04. The minimum atomic E-state index is 0. The molecule has 2 N–H and O–H groups in total. The highest BCUT2D eigenvalue weighted by Gasteiger charge is 2.30. The van der Waals surface area contributed by atoms with Gasteiger partial charge in [0, 0.05) is 26.1 Å². The SMILES string of the molecule is CC.CC(C)N1CCC(C)(N)C1.[HH]. The monoisotopic (exact) mass is 174 g/mol. The van der Waals surface area contributed by atoms with Gasteiger partial charge in [-0.15, -0.1) is 0 Å². The lowest BCUT2D eigenvalue weighted by Gasteiger charge is -2.22. The smallest absolute Gasteiger partial charge is 0.0267 e. The fraction of sp³-hybridized carbons (Fsp3) is 1.00. The van der Waals surface area contributed by atoms with E-state index in [-0.39, 0.29) is 6.97 Å². The Balaban J connectivity index is 0. The van der Waals surface area contributed by atoms with E-state index < -0.39 is 0 Å². The Hall–Kier alpha value is -0.0800. The van der Waals surface area contributed by atoms with E-state index in [4.69, 9.17) is 5.73 Å². The van der Waals surface area contributed by atoms with Crippen molar-refractivity contribution in [3.8, 4) is 0 Å². The molecule has 1 aliphatic heterocycles. The van der Waals surface area contributed by atoms with E-state index in [1.54, 1.807) is 0 Å². The van der Waals surface area contributed by atoms with E-state index >= 15 is 0 Å². The third-order valence-electron chi connectivity index (χ3n) is 2.26. The Labute approximate surface area is 78.6 Å². The molecule has 0 spiro atoms. The molecule has 0 radical (unpaired) electrons. The molecule has 2 heteroatoms. The predicted molar refractivity (Wildman–Crippen MR) is 57.4 cm³/mol. The second-order valence-electron chi connectivity index (χ2n) is 3.97. The molecule has 0 aromatic rings. The van der Waals surface area contributed by atoms with Crippen LogP contribution in [-0.4, -0.2) is 29.6 Å². The van der Waals surface area contributed by atoms with Crippen LogP contribution in [0.1, 0.15) is 42.5 Å². The van der Waals surface area contributed by atoms with Crippen molar-refractivity contribution in [3.63, 3.8) is 0 Å². The highest BCUT2D eigenvalue weighted by atomic mass is 15.2. The predicted octanol–water partition coefficient (Wildman–Crippen LogP) is 2.09. The van der Waals surface area contributed by atoms with E-state index in [0.717, 1.165) is 13.0 Å². The van der Waals surface area contributed by atoms with Crippen LogP contribution in [0.25, 0.3) is 0 Å². The molecule has 0 saturated carbocycles. The molecule has 0 aromatic carbocycles. The number of hydrogen-bond donors (Lipinski definition) is 1. The molecule has 1 atom stereocenters. The lowest BCUT2D eigenvalue weighted by Crippen LogP contribution is -2.40. The molecule has 1 unspecified atom stereocenters. The van der Waals surface area contributed by atoms with Crippen LogP contribution in [0.5, 0.6) is 0 Å². The molecule has 0 aromatic heterocycles. The second-order valence-corrected chi connectivity index (χ2v) is 3.97. The van der Waals surface area contributed by atoms with Crippen molar-refractivity contribution in [2.45, 2.75) is 52.6 Å². The zero-order chi connectivity index (χ0) is 9.78. The summed E-state index contributed by atoms with van der Waals surface area (Å²) in [4.78, 5) is 2.43. The molecule has 76 valence electrons. The average Bonchev–Trinajstić information content (AvgIpc) is 2.35. The maximum absolute atomic E-state index is 5.96. The second kappa shape index (κ2) is 4.83. The average molecular weight is 174 g/mol. The molecule has 1 aliphatic rings. The van der Waals surface area contributed by atoms with E-state index in [0.29, 0.717) is 6.04 Å². The van der Waals surface area contributed by atoms with Crippen LogP contribution in [0.4, 0.5) is 0 Å². The molecular weight excluding hydrogens is 148 g/mol. The van der Waals surface area contributed by atoms with Gasteiger partial charge in [-0.05, 0) is 27.2 Å². The van der Waals surface area contributed by atoms with Gasteiger partial charge in [0.15, 0.2) is 0 Å². The number of rotatable bonds is 1. The number of nitrogens with zero attached hydrogens (tertiary/aromatic N) is 1. The first-order chi connectivity index (χ1) is 5.51. The summed E-state index contributed by atoms with van der Waals surface area (Å²) in [5.74, 6) is 0. The van der Waals surface area contributed by atoms with Gasteiger partial charge in [-0.3, -0.25) is 4.90 Å². The van der Waals surface area contributed by atoms with Crippen molar-refractivity contribution in [1.29, 1.82) is 0 Å². The first kappa shape index (κ1) is 11.9. The zero-order valence-corrected chi connectivity index (χ0v) is 9.22. The van der Waals surface area contributed by atoms with E-state index in [1.165, 1.54) is 6.54 Å². The van der Waals surface area contributed by atoms with Crippen molar-refractivity contribution >= 4 is 0 Å². The first-order valence-corrected chi connectivity index (χ1v) is 5.04. The third kappa shape index (κ3) is 3.55. The number of hydrogen-bond acceptors (Lipinski definition) is 2. The topological polar surface area (TPSA) is 29.3 Å².